The molecule has 1 saturated heterocycles. The zero-order valence-corrected chi connectivity index (χ0v) is 16.1. The largest absolute Gasteiger partial charge is 0.481 e. The first kappa shape index (κ1) is 18.7. The Bertz CT molecular complexity index is 808. The summed E-state index contributed by atoms with van der Waals surface area (Å²) in [5, 5.41) is 9.69. The maximum Gasteiger partial charge on any atom is 0.307 e. The van der Waals surface area contributed by atoms with Gasteiger partial charge < -0.3 is 14.9 Å². The quantitative estimate of drug-likeness (QED) is 0.639. The van der Waals surface area contributed by atoms with Crippen LogP contribution in [0.5, 0.6) is 0 Å². The number of nitrogens with zero attached hydrogens (tertiary/aromatic N) is 2. The zero-order valence-electron chi connectivity index (χ0n) is 16.1. The summed E-state index contributed by atoms with van der Waals surface area (Å²) in [7, 11) is 0. The van der Waals surface area contributed by atoms with Gasteiger partial charge in [-0.05, 0) is 55.9 Å². The summed E-state index contributed by atoms with van der Waals surface area (Å²) in [4.78, 5) is 40.5. The average molecular weight is 382 g/mol. The molecule has 0 unspecified atom stereocenters. The lowest BCUT2D eigenvalue weighted by molar-refractivity contribution is -0.156. The summed E-state index contributed by atoms with van der Waals surface area (Å²) >= 11 is 0. The Labute approximate surface area is 164 Å². The monoisotopic (exact) mass is 382 g/mol. The number of fused-ring (bicyclic) bond motifs is 2. The molecule has 1 aliphatic heterocycles. The summed E-state index contributed by atoms with van der Waals surface area (Å²) in [6, 6.07) is 7.55. The van der Waals surface area contributed by atoms with Gasteiger partial charge >= 0.3 is 5.97 Å². The van der Waals surface area contributed by atoms with E-state index in [4.69, 9.17) is 0 Å². The SMILES string of the molecule is CC(=O)c1ccc(N2CCN(C(=O)[C@H]3[C@@H](C(=O)O)[C@H]4C=C[C@@H]3CC4)CC2)cc1. The Morgan fingerprint density at radius 3 is 1.96 bits per heavy atom. The smallest absolute Gasteiger partial charge is 0.307 e. The second-order valence-corrected chi connectivity index (χ2v) is 8.10. The van der Waals surface area contributed by atoms with Crippen LogP contribution in [0.1, 0.15) is 30.1 Å². The summed E-state index contributed by atoms with van der Waals surface area (Å²) < 4.78 is 0. The van der Waals surface area contributed by atoms with Gasteiger partial charge in [0.05, 0.1) is 11.8 Å². The van der Waals surface area contributed by atoms with E-state index < -0.39 is 17.8 Å². The number of aliphatic carboxylic acids is 1. The first-order valence-electron chi connectivity index (χ1n) is 10.0. The summed E-state index contributed by atoms with van der Waals surface area (Å²) in [5.41, 5.74) is 1.73. The number of benzene rings is 1. The van der Waals surface area contributed by atoms with Crippen molar-refractivity contribution in [1.29, 1.82) is 0 Å². The van der Waals surface area contributed by atoms with Crippen LogP contribution in [0.4, 0.5) is 5.69 Å². The molecule has 6 nitrogen and oxygen atoms in total. The number of carboxylic acid groups (broad SMARTS) is 1. The molecular formula is C22H26N2O4. The molecule has 5 rings (SSSR count). The van der Waals surface area contributed by atoms with Crippen molar-refractivity contribution in [2.24, 2.45) is 23.7 Å². The Kier molecular flexibility index (Phi) is 4.96. The van der Waals surface area contributed by atoms with Crippen LogP contribution in [-0.2, 0) is 9.59 Å². The molecule has 3 aliphatic carbocycles. The molecule has 1 aromatic carbocycles. The van der Waals surface area contributed by atoms with Crippen LogP contribution < -0.4 is 4.90 Å². The van der Waals surface area contributed by atoms with Crippen LogP contribution in [0.3, 0.4) is 0 Å². The first-order chi connectivity index (χ1) is 13.5. The van der Waals surface area contributed by atoms with E-state index in [2.05, 4.69) is 11.0 Å². The molecule has 4 aliphatic rings. The van der Waals surface area contributed by atoms with E-state index in [0.29, 0.717) is 31.7 Å². The number of ketones is 1. The highest BCUT2D eigenvalue weighted by molar-refractivity contribution is 5.94. The summed E-state index contributed by atoms with van der Waals surface area (Å²) in [6.07, 6.45) is 5.83. The van der Waals surface area contributed by atoms with E-state index in [9.17, 15) is 19.5 Å². The molecule has 2 fully saturated rings. The van der Waals surface area contributed by atoms with Crippen LogP contribution in [0.25, 0.3) is 0 Å². The zero-order chi connectivity index (χ0) is 19.8. The van der Waals surface area contributed by atoms with Crippen molar-refractivity contribution in [2.45, 2.75) is 19.8 Å². The molecule has 2 bridgehead atoms. The van der Waals surface area contributed by atoms with Crippen LogP contribution >= 0.6 is 0 Å². The number of hydrogen-bond donors (Lipinski definition) is 1. The first-order valence-corrected chi connectivity index (χ1v) is 10.0. The third-order valence-corrected chi connectivity index (χ3v) is 6.55. The van der Waals surface area contributed by atoms with Crippen LogP contribution in [0.15, 0.2) is 36.4 Å². The highest BCUT2D eigenvalue weighted by atomic mass is 16.4. The van der Waals surface area contributed by atoms with Crippen LogP contribution in [0.2, 0.25) is 0 Å². The van der Waals surface area contributed by atoms with Gasteiger partial charge in [-0.2, -0.15) is 0 Å². The van der Waals surface area contributed by atoms with E-state index in [1.165, 1.54) is 0 Å². The number of carboxylic acids is 1. The second-order valence-electron chi connectivity index (χ2n) is 8.10. The van der Waals surface area contributed by atoms with Gasteiger partial charge in [-0.3, -0.25) is 14.4 Å². The Hall–Kier alpha value is -2.63. The number of allylic oxidation sites excluding steroid dienone is 2. The predicted molar refractivity (Wildman–Crippen MR) is 105 cm³/mol. The third-order valence-electron chi connectivity index (χ3n) is 6.55. The highest BCUT2D eigenvalue weighted by Gasteiger charge is 2.49. The van der Waals surface area contributed by atoms with E-state index in [1.54, 1.807) is 6.92 Å². The minimum atomic E-state index is -0.846. The molecule has 0 radical (unpaired) electrons. The molecular weight excluding hydrogens is 356 g/mol. The number of Topliss-reactive ketones (excluding diaryl/α,β-unsaturated/α-hetero) is 1. The highest BCUT2D eigenvalue weighted by Crippen LogP contribution is 2.45. The number of carbonyl (C=O) groups excluding carboxylic acids is 2. The van der Waals surface area contributed by atoms with Gasteiger partial charge in [0.15, 0.2) is 5.78 Å². The predicted octanol–water partition coefficient (Wildman–Crippen LogP) is 2.45. The average Bonchev–Trinajstić information content (AvgIpc) is 2.73. The minimum absolute atomic E-state index is 0.00183. The van der Waals surface area contributed by atoms with Crippen LogP contribution in [-0.4, -0.2) is 53.8 Å². The molecule has 1 saturated carbocycles. The topological polar surface area (TPSA) is 77.9 Å². The molecule has 0 aromatic heterocycles. The van der Waals surface area contributed by atoms with Gasteiger partial charge in [-0.1, -0.05) is 12.2 Å². The molecule has 4 atom stereocenters. The maximum absolute atomic E-state index is 13.2. The number of anilines is 1. The number of amides is 1. The molecule has 1 heterocycles. The fraction of sp³-hybridized carbons (Fsp3) is 0.500. The molecule has 148 valence electrons. The van der Waals surface area contributed by atoms with Gasteiger partial charge in [-0.15, -0.1) is 0 Å². The van der Waals surface area contributed by atoms with E-state index in [0.717, 1.165) is 18.5 Å². The van der Waals surface area contributed by atoms with Gasteiger partial charge in [0.25, 0.3) is 0 Å². The lowest BCUT2D eigenvalue weighted by atomic mass is 9.62. The Morgan fingerprint density at radius 2 is 1.46 bits per heavy atom. The van der Waals surface area contributed by atoms with Crippen molar-refractivity contribution >= 4 is 23.3 Å². The van der Waals surface area contributed by atoms with E-state index >= 15 is 0 Å². The van der Waals surface area contributed by atoms with Crippen molar-refractivity contribution in [2.75, 3.05) is 31.1 Å². The van der Waals surface area contributed by atoms with Gasteiger partial charge in [0.1, 0.15) is 0 Å². The standard InChI is InChI=1S/C22H26N2O4/c1-14(25)15-6-8-18(9-7-15)23-10-12-24(13-11-23)21(26)19-16-2-4-17(5-3-16)20(19)22(27)28/h2,4,6-9,16-17,19-20H,3,5,10-13H2,1H3,(H,27,28)/t16-,17+,19-,20+/m1/s1. The van der Waals surface area contributed by atoms with Crippen LogP contribution in [0, 0.1) is 23.7 Å². The van der Waals surface area contributed by atoms with E-state index in [1.807, 2.05) is 35.2 Å². The van der Waals surface area contributed by atoms with Crippen molar-refractivity contribution < 1.29 is 19.5 Å². The van der Waals surface area contributed by atoms with Gasteiger partial charge in [-0.25, -0.2) is 0 Å². The number of carbonyl (C=O) groups is 3. The van der Waals surface area contributed by atoms with Crippen molar-refractivity contribution in [3.63, 3.8) is 0 Å². The Balaban J connectivity index is 1.42. The number of rotatable bonds is 4. The number of hydrogen-bond acceptors (Lipinski definition) is 4. The summed E-state index contributed by atoms with van der Waals surface area (Å²) in [6.45, 7) is 4.16. The normalized spacial score (nSPS) is 29.0. The lowest BCUT2D eigenvalue weighted by Crippen LogP contribution is -2.55. The third kappa shape index (κ3) is 3.32. The molecule has 1 N–H and O–H groups in total. The van der Waals surface area contributed by atoms with Crippen molar-refractivity contribution in [1.82, 2.24) is 4.90 Å². The van der Waals surface area contributed by atoms with Gasteiger partial charge in [0, 0.05) is 37.4 Å². The van der Waals surface area contributed by atoms with E-state index in [-0.39, 0.29) is 23.5 Å². The second kappa shape index (κ2) is 7.41. The van der Waals surface area contributed by atoms with Crippen molar-refractivity contribution in [3.8, 4) is 0 Å². The van der Waals surface area contributed by atoms with Gasteiger partial charge in [0.2, 0.25) is 5.91 Å². The minimum Gasteiger partial charge on any atom is -0.481 e. The fourth-order valence-electron chi connectivity index (χ4n) is 4.97. The lowest BCUT2D eigenvalue weighted by Gasteiger charge is -2.45. The summed E-state index contributed by atoms with van der Waals surface area (Å²) in [5.74, 6) is -1.78. The molecule has 1 aromatic rings. The molecule has 28 heavy (non-hydrogen) atoms. The molecule has 0 spiro atoms. The van der Waals surface area contributed by atoms with Crippen molar-refractivity contribution in [3.05, 3.63) is 42.0 Å². The molecule has 6 heteroatoms. The maximum atomic E-state index is 13.2. The fourth-order valence-corrected chi connectivity index (χ4v) is 4.97. The Morgan fingerprint density at radius 1 is 0.893 bits per heavy atom. The molecule has 1 amide bonds. The number of piperazine rings is 1.